The lowest BCUT2D eigenvalue weighted by molar-refractivity contribution is -0.140. The number of ether oxygens (including phenoxy) is 5. The number of carbonyl (C=O) groups excluding carboxylic acids is 2. The van der Waals surface area contributed by atoms with Gasteiger partial charge >= 0.3 is 11.9 Å². The summed E-state index contributed by atoms with van der Waals surface area (Å²) in [7, 11) is 0. The van der Waals surface area contributed by atoms with Gasteiger partial charge in [-0.15, -0.1) is 0 Å². The van der Waals surface area contributed by atoms with E-state index in [0.29, 0.717) is 71.4 Å². The topological polar surface area (TPSA) is 130 Å². The summed E-state index contributed by atoms with van der Waals surface area (Å²) in [6, 6.07) is 0. The molecular weight excluding hydrogens is 386 g/mol. The number of hydrogen-bond acceptors (Lipinski definition) is 8. The zero-order chi connectivity index (χ0) is 21.7. The van der Waals surface area contributed by atoms with Crippen LogP contribution in [-0.2, 0) is 38.1 Å². The van der Waals surface area contributed by atoms with Gasteiger partial charge in [0, 0.05) is 25.1 Å². The number of nitrogens with one attached hydrogen (secondary N) is 1. The number of carboxylic acids is 1. The van der Waals surface area contributed by atoms with E-state index in [1.807, 2.05) is 0 Å². The van der Waals surface area contributed by atoms with Gasteiger partial charge in [0.15, 0.2) is 0 Å². The van der Waals surface area contributed by atoms with Gasteiger partial charge in [0.05, 0.1) is 52.7 Å². The Morgan fingerprint density at radius 1 is 0.793 bits per heavy atom. The van der Waals surface area contributed by atoms with Crippen molar-refractivity contribution in [3.05, 3.63) is 12.2 Å². The summed E-state index contributed by atoms with van der Waals surface area (Å²) in [5, 5.41) is 11.1. The van der Waals surface area contributed by atoms with Crippen LogP contribution in [0.15, 0.2) is 12.2 Å². The van der Waals surface area contributed by atoms with E-state index < -0.39 is 11.9 Å². The van der Waals surface area contributed by atoms with Crippen molar-refractivity contribution in [2.24, 2.45) is 0 Å². The first-order valence-corrected chi connectivity index (χ1v) is 9.55. The monoisotopic (exact) mass is 419 g/mol. The smallest absolute Gasteiger partial charge is 0.333 e. The summed E-state index contributed by atoms with van der Waals surface area (Å²) in [5.41, 5.74) is 0.359. The molecule has 10 heteroatoms. The zero-order valence-corrected chi connectivity index (χ0v) is 17.1. The van der Waals surface area contributed by atoms with Crippen molar-refractivity contribution in [1.29, 1.82) is 0 Å². The van der Waals surface area contributed by atoms with Crippen LogP contribution in [0.3, 0.4) is 0 Å². The van der Waals surface area contributed by atoms with Crippen LogP contribution in [0.25, 0.3) is 0 Å². The van der Waals surface area contributed by atoms with Gasteiger partial charge < -0.3 is 34.1 Å². The SMILES string of the molecule is C=C(C)C(=O)OCCOCCOCCOCCOCCCNC(=O)CCC(=O)O. The van der Waals surface area contributed by atoms with Crippen LogP contribution in [0.1, 0.15) is 26.2 Å². The first-order chi connectivity index (χ1) is 13.9. The number of carbonyl (C=O) groups is 3. The number of amides is 1. The molecule has 0 aromatic rings. The lowest BCUT2D eigenvalue weighted by Crippen LogP contribution is -2.25. The molecule has 0 bridgehead atoms. The molecule has 29 heavy (non-hydrogen) atoms. The Morgan fingerprint density at radius 3 is 1.76 bits per heavy atom. The van der Waals surface area contributed by atoms with Crippen molar-refractivity contribution in [3.8, 4) is 0 Å². The highest BCUT2D eigenvalue weighted by Gasteiger charge is 2.04. The second-order valence-electron chi connectivity index (χ2n) is 5.96. The maximum absolute atomic E-state index is 11.3. The lowest BCUT2D eigenvalue weighted by atomic mass is 10.3. The molecule has 0 aliphatic heterocycles. The second kappa shape index (κ2) is 19.3. The largest absolute Gasteiger partial charge is 0.481 e. The van der Waals surface area contributed by atoms with Gasteiger partial charge in [-0.3, -0.25) is 9.59 Å². The molecule has 0 aromatic carbocycles. The highest BCUT2D eigenvalue weighted by atomic mass is 16.6. The van der Waals surface area contributed by atoms with E-state index in [1.54, 1.807) is 6.92 Å². The third kappa shape index (κ3) is 20.5. The summed E-state index contributed by atoms with van der Waals surface area (Å²) < 4.78 is 26.1. The predicted octanol–water partition coefficient (Wildman–Crippen LogP) is 0.543. The molecule has 0 aliphatic carbocycles. The molecule has 0 fully saturated rings. The minimum atomic E-state index is -0.985. The molecule has 0 unspecified atom stereocenters. The molecule has 0 saturated carbocycles. The van der Waals surface area contributed by atoms with E-state index in [2.05, 4.69) is 11.9 Å². The lowest BCUT2D eigenvalue weighted by Gasteiger charge is -2.08. The molecule has 0 aromatic heterocycles. The van der Waals surface area contributed by atoms with Crippen LogP contribution < -0.4 is 5.32 Å². The fourth-order valence-corrected chi connectivity index (χ4v) is 1.79. The summed E-state index contributed by atoms with van der Waals surface area (Å²) in [6.45, 7) is 9.09. The third-order valence-electron chi connectivity index (χ3n) is 3.28. The van der Waals surface area contributed by atoms with Gasteiger partial charge in [0.1, 0.15) is 6.61 Å². The highest BCUT2D eigenvalue weighted by molar-refractivity contribution is 5.86. The third-order valence-corrected chi connectivity index (χ3v) is 3.28. The first-order valence-electron chi connectivity index (χ1n) is 9.55. The van der Waals surface area contributed by atoms with Crippen molar-refractivity contribution in [2.45, 2.75) is 26.2 Å². The molecule has 0 radical (unpaired) electrons. The van der Waals surface area contributed by atoms with Gasteiger partial charge in [-0.25, -0.2) is 4.79 Å². The van der Waals surface area contributed by atoms with Crippen LogP contribution in [0.4, 0.5) is 0 Å². The molecule has 0 aliphatic rings. The van der Waals surface area contributed by atoms with Crippen molar-refractivity contribution in [2.75, 3.05) is 66.0 Å². The Labute approximate surface area is 171 Å². The van der Waals surface area contributed by atoms with E-state index in [9.17, 15) is 14.4 Å². The Hall–Kier alpha value is -2.01. The van der Waals surface area contributed by atoms with Crippen LogP contribution in [0, 0.1) is 0 Å². The van der Waals surface area contributed by atoms with Crippen molar-refractivity contribution in [3.63, 3.8) is 0 Å². The second-order valence-corrected chi connectivity index (χ2v) is 5.96. The van der Waals surface area contributed by atoms with Gasteiger partial charge in [-0.1, -0.05) is 6.58 Å². The Bertz CT molecular complexity index is 482. The Balaban J connectivity index is 3.17. The van der Waals surface area contributed by atoms with Gasteiger partial charge in [-0.2, -0.15) is 0 Å². The number of hydrogen-bond donors (Lipinski definition) is 2. The van der Waals surface area contributed by atoms with Gasteiger partial charge in [0.25, 0.3) is 0 Å². The maximum Gasteiger partial charge on any atom is 0.333 e. The molecule has 0 spiro atoms. The van der Waals surface area contributed by atoms with E-state index in [1.165, 1.54) is 0 Å². The quantitative estimate of drug-likeness (QED) is 0.165. The molecule has 168 valence electrons. The fourth-order valence-electron chi connectivity index (χ4n) is 1.79. The molecular formula is C19H33NO9. The van der Waals surface area contributed by atoms with Crippen molar-refractivity contribution < 1.29 is 43.2 Å². The van der Waals surface area contributed by atoms with Crippen LogP contribution in [0.2, 0.25) is 0 Å². The van der Waals surface area contributed by atoms with Gasteiger partial charge in [-0.05, 0) is 13.3 Å². The van der Waals surface area contributed by atoms with E-state index in [4.69, 9.17) is 28.8 Å². The minimum Gasteiger partial charge on any atom is -0.481 e. The number of aliphatic carboxylic acids is 1. The van der Waals surface area contributed by atoms with E-state index >= 15 is 0 Å². The minimum absolute atomic E-state index is 0.0108. The Morgan fingerprint density at radius 2 is 1.28 bits per heavy atom. The molecule has 0 atom stereocenters. The molecule has 2 N–H and O–H groups in total. The van der Waals surface area contributed by atoms with Crippen molar-refractivity contribution in [1.82, 2.24) is 5.32 Å². The number of rotatable bonds is 20. The predicted molar refractivity (Wildman–Crippen MR) is 104 cm³/mol. The number of carboxylic acid groups (broad SMARTS) is 1. The van der Waals surface area contributed by atoms with Crippen LogP contribution >= 0.6 is 0 Å². The summed E-state index contributed by atoms with van der Waals surface area (Å²) in [4.78, 5) is 32.7. The molecule has 1 amide bonds. The van der Waals surface area contributed by atoms with Crippen LogP contribution in [-0.4, -0.2) is 89.0 Å². The Kier molecular flexibility index (Phi) is 18.0. The molecule has 0 saturated heterocycles. The van der Waals surface area contributed by atoms with Crippen molar-refractivity contribution >= 4 is 17.8 Å². The summed E-state index contributed by atoms with van der Waals surface area (Å²) in [5.74, 6) is -1.68. The standard InChI is InChI=1S/C19H33NO9/c1-16(2)19(24)29-15-14-28-13-12-27-11-10-26-9-8-25-7-3-6-20-17(21)4-5-18(22)23/h1,3-15H2,2H3,(H,20,21)(H,22,23). The molecule has 0 heterocycles. The average Bonchev–Trinajstić information content (AvgIpc) is 2.68. The average molecular weight is 419 g/mol. The fraction of sp³-hybridized carbons (Fsp3) is 0.737. The van der Waals surface area contributed by atoms with E-state index in [-0.39, 0.29) is 25.4 Å². The summed E-state index contributed by atoms with van der Waals surface area (Å²) >= 11 is 0. The highest BCUT2D eigenvalue weighted by Crippen LogP contribution is 1.92. The zero-order valence-electron chi connectivity index (χ0n) is 17.1. The molecule has 10 nitrogen and oxygen atoms in total. The number of esters is 1. The van der Waals surface area contributed by atoms with E-state index in [0.717, 1.165) is 0 Å². The first kappa shape index (κ1) is 27.0. The maximum atomic E-state index is 11.3. The summed E-state index contributed by atoms with van der Waals surface area (Å²) in [6.07, 6.45) is 0.473. The normalized spacial score (nSPS) is 10.5. The van der Waals surface area contributed by atoms with Gasteiger partial charge in [0.2, 0.25) is 5.91 Å². The molecule has 0 rings (SSSR count). The van der Waals surface area contributed by atoms with Crippen LogP contribution in [0.5, 0.6) is 0 Å².